The molecule has 1 amide bonds. The number of benzene rings is 1. The number of nitrogens with two attached hydrogens (primary N) is 1. The molecule has 100 valence electrons. The zero-order valence-electron chi connectivity index (χ0n) is 10.4. The molecule has 0 aliphatic carbocycles. The first-order chi connectivity index (χ1) is 9.22. The number of hydrazine groups is 1. The molecule has 2 aromatic rings. The molecule has 2 rings (SSSR count). The Hall–Kier alpha value is -1.92. The van der Waals surface area contributed by atoms with Gasteiger partial charge >= 0.3 is 5.91 Å². The lowest BCUT2D eigenvalue weighted by molar-refractivity contribution is 0.0924. The maximum absolute atomic E-state index is 11.2. The van der Waals surface area contributed by atoms with Crippen molar-refractivity contribution in [2.75, 3.05) is 7.11 Å². The molecule has 1 aromatic heterocycles. The molecular formula is C13H14N2O3S. The Kier molecular flexibility index (Phi) is 4.48. The highest BCUT2D eigenvalue weighted by atomic mass is 32.2. The molecule has 0 bridgehead atoms. The Morgan fingerprint density at radius 1 is 1.42 bits per heavy atom. The maximum Gasteiger partial charge on any atom is 0.300 e. The lowest BCUT2D eigenvalue weighted by Crippen LogP contribution is -2.29. The molecule has 0 aliphatic rings. The number of ether oxygens (including phenoxy) is 1. The number of furan rings is 1. The highest BCUT2D eigenvalue weighted by molar-refractivity contribution is 7.98. The maximum atomic E-state index is 11.2. The Bertz CT molecular complexity index is 569. The predicted molar refractivity (Wildman–Crippen MR) is 72.9 cm³/mol. The van der Waals surface area contributed by atoms with E-state index in [4.69, 9.17) is 15.0 Å². The molecule has 0 spiro atoms. The van der Waals surface area contributed by atoms with Gasteiger partial charge in [0.15, 0.2) is 5.76 Å². The minimum Gasteiger partial charge on any atom is -0.497 e. The van der Waals surface area contributed by atoms with Crippen molar-refractivity contribution in [2.45, 2.75) is 10.6 Å². The third kappa shape index (κ3) is 3.52. The smallest absolute Gasteiger partial charge is 0.300 e. The monoisotopic (exact) mass is 278 g/mol. The van der Waals surface area contributed by atoms with E-state index < -0.39 is 5.91 Å². The highest BCUT2D eigenvalue weighted by Gasteiger charge is 2.09. The van der Waals surface area contributed by atoms with Crippen molar-refractivity contribution in [3.05, 3.63) is 47.9 Å². The number of thioether (sulfide) groups is 1. The van der Waals surface area contributed by atoms with Crippen LogP contribution in [0.15, 0.2) is 45.7 Å². The van der Waals surface area contributed by atoms with Gasteiger partial charge in [0.05, 0.1) is 12.9 Å². The first-order valence-corrected chi connectivity index (χ1v) is 6.58. The van der Waals surface area contributed by atoms with Gasteiger partial charge in [-0.15, -0.1) is 11.8 Å². The fraction of sp³-hybridized carbons (Fsp3) is 0.154. The number of nitrogen functional groups attached to an aromatic ring is 1. The summed E-state index contributed by atoms with van der Waals surface area (Å²) in [6.07, 6.45) is 0. The number of hydrogen-bond donors (Lipinski definition) is 2. The van der Waals surface area contributed by atoms with Crippen LogP contribution in [0.1, 0.15) is 16.3 Å². The molecule has 0 aliphatic heterocycles. The molecule has 0 saturated carbocycles. The Balaban J connectivity index is 1.98. The summed E-state index contributed by atoms with van der Waals surface area (Å²) >= 11 is 1.60. The van der Waals surface area contributed by atoms with Gasteiger partial charge in [-0.25, -0.2) is 5.84 Å². The first-order valence-electron chi connectivity index (χ1n) is 5.59. The van der Waals surface area contributed by atoms with E-state index in [-0.39, 0.29) is 5.76 Å². The van der Waals surface area contributed by atoms with Crippen LogP contribution >= 0.6 is 11.8 Å². The van der Waals surface area contributed by atoms with E-state index in [2.05, 4.69) is 0 Å². The van der Waals surface area contributed by atoms with Crippen LogP contribution in [0.5, 0.6) is 5.75 Å². The lowest BCUT2D eigenvalue weighted by atomic mass is 10.3. The van der Waals surface area contributed by atoms with Gasteiger partial charge in [0.2, 0.25) is 0 Å². The molecule has 19 heavy (non-hydrogen) atoms. The van der Waals surface area contributed by atoms with Gasteiger partial charge in [0, 0.05) is 4.90 Å². The van der Waals surface area contributed by atoms with Crippen LogP contribution < -0.4 is 16.0 Å². The van der Waals surface area contributed by atoms with Gasteiger partial charge in [0.1, 0.15) is 11.5 Å². The van der Waals surface area contributed by atoms with Crippen molar-refractivity contribution in [2.24, 2.45) is 5.84 Å². The molecule has 0 saturated heterocycles. The fourth-order valence-electron chi connectivity index (χ4n) is 1.49. The van der Waals surface area contributed by atoms with E-state index in [1.54, 1.807) is 31.0 Å². The van der Waals surface area contributed by atoms with Crippen LogP contribution in [0.25, 0.3) is 0 Å². The van der Waals surface area contributed by atoms with Crippen molar-refractivity contribution >= 4 is 17.7 Å². The second-order valence-corrected chi connectivity index (χ2v) is 4.76. The quantitative estimate of drug-likeness (QED) is 0.379. The number of carbonyl (C=O) groups excluding carboxylic acids is 1. The molecule has 1 heterocycles. The number of rotatable bonds is 5. The van der Waals surface area contributed by atoms with E-state index in [9.17, 15) is 4.79 Å². The summed E-state index contributed by atoms with van der Waals surface area (Å²) in [6, 6.07) is 11.1. The van der Waals surface area contributed by atoms with E-state index in [1.165, 1.54) is 0 Å². The second-order valence-electron chi connectivity index (χ2n) is 3.71. The molecule has 0 unspecified atom stereocenters. The predicted octanol–water partition coefficient (Wildman–Crippen LogP) is 2.18. The van der Waals surface area contributed by atoms with Crippen molar-refractivity contribution in [1.82, 2.24) is 5.43 Å². The molecule has 0 radical (unpaired) electrons. The Morgan fingerprint density at radius 2 is 2.26 bits per heavy atom. The topological polar surface area (TPSA) is 77.5 Å². The molecule has 1 aromatic carbocycles. The van der Waals surface area contributed by atoms with Crippen molar-refractivity contribution in [1.29, 1.82) is 0 Å². The minimum atomic E-state index is -0.433. The van der Waals surface area contributed by atoms with E-state index >= 15 is 0 Å². The number of carbonyl (C=O) groups is 1. The van der Waals surface area contributed by atoms with E-state index in [0.29, 0.717) is 11.5 Å². The third-order valence-corrected chi connectivity index (χ3v) is 3.45. The lowest BCUT2D eigenvalue weighted by Gasteiger charge is -2.03. The van der Waals surface area contributed by atoms with Crippen LogP contribution in [0, 0.1) is 0 Å². The van der Waals surface area contributed by atoms with E-state index in [1.807, 2.05) is 29.7 Å². The largest absolute Gasteiger partial charge is 0.497 e. The average Bonchev–Trinajstić information content (AvgIpc) is 2.93. The van der Waals surface area contributed by atoms with E-state index in [0.717, 1.165) is 10.6 Å². The van der Waals surface area contributed by atoms with Crippen LogP contribution in [0.3, 0.4) is 0 Å². The van der Waals surface area contributed by atoms with Crippen LogP contribution in [0.2, 0.25) is 0 Å². The Morgan fingerprint density at radius 3 is 3.00 bits per heavy atom. The first kappa shape index (κ1) is 13.5. The zero-order chi connectivity index (χ0) is 13.7. The molecule has 0 fully saturated rings. The SMILES string of the molecule is COc1cccc(SCc2ccc(C(=O)NN)o2)c1. The summed E-state index contributed by atoms with van der Waals surface area (Å²) in [6.45, 7) is 0. The van der Waals surface area contributed by atoms with Crippen LogP contribution in [-0.2, 0) is 5.75 Å². The third-order valence-electron chi connectivity index (χ3n) is 2.44. The normalized spacial score (nSPS) is 10.2. The molecule has 5 nitrogen and oxygen atoms in total. The molecule has 6 heteroatoms. The van der Waals surface area contributed by atoms with Crippen LogP contribution in [0.4, 0.5) is 0 Å². The summed E-state index contributed by atoms with van der Waals surface area (Å²) < 4.78 is 10.5. The standard InChI is InChI=1S/C13H14N2O3S/c1-17-9-3-2-4-11(7-9)19-8-10-5-6-12(18-10)13(16)15-14/h2-7H,8,14H2,1H3,(H,15,16). The summed E-state index contributed by atoms with van der Waals surface area (Å²) in [7, 11) is 1.63. The second kappa shape index (κ2) is 6.31. The van der Waals surface area contributed by atoms with Gasteiger partial charge < -0.3 is 9.15 Å². The number of nitrogens with one attached hydrogen (secondary N) is 1. The van der Waals surface area contributed by atoms with Gasteiger partial charge in [0.25, 0.3) is 0 Å². The van der Waals surface area contributed by atoms with Gasteiger partial charge in [-0.05, 0) is 30.3 Å². The minimum absolute atomic E-state index is 0.212. The van der Waals surface area contributed by atoms with Gasteiger partial charge in [-0.2, -0.15) is 0 Å². The van der Waals surface area contributed by atoms with Crippen molar-refractivity contribution in [3.8, 4) is 5.75 Å². The zero-order valence-corrected chi connectivity index (χ0v) is 11.2. The van der Waals surface area contributed by atoms with Crippen molar-refractivity contribution in [3.63, 3.8) is 0 Å². The number of amides is 1. The Labute approximate surface area is 115 Å². The number of methoxy groups -OCH3 is 1. The molecule has 3 N–H and O–H groups in total. The highest BCUT2D eigenvalue weighted by Crippen LogP contribution is 2.26. The van der Waals surface area contributed by atoms with Crippen LogP contribution in [-0.4, -0.2) is 13.0 Å². The summed E-state index contributed by atoms with van der Waals surface area (Å²) in [5.41, 5.74) is 2.03. The molecular weight excluding hydrogens is 264 g/mol. The number of hydrogen-bond acceptors (Lipinski definition) is 5. The van der Waals surface area contributed by atoms with Gasteiger partial charge in [-0.3, -0.25) is 10.2 Å². The summed E-state index contributed by atoms with van der Waals surface area (Å²) in [5, 5.41) is 0. The fourth-order valence-corrected chi connectivity index (χ4v) is 2.33. The summed E-state index contributed by atoms with van der Waals surface area (Å²) in [5.74, 6) is 6.97. The molecule has 0 atom stereocenters. The van der Waals surface area contributed by atoms with Gasteiger partial charge in [-0.1, -0.05) is 6.07 Å². The average molecular weight is 278 g/mol. The van der Waals surface area contributed by atoms with Crippen molar-refractivity contribution < 1.29 is 13.9 Å². The summed E-state index contributed by atoms with van der Waals surface area (Å²) in [4.78, 5) is 12.3.